The van der Waals surface area contributed by atoms with Crippen LogP contribution in [0.15, 0.2) is 60.7 Å². The lowest BCUT2D eigenvalue weighted by atomic mass is 9.88. The molecule has 0 amide bonds. The van der Waals surface area contributed by atoms with Gasteiger partial charge in [0.25, 0.3) is 0 Å². The number of rotatable bonds is 0. The Hall–Kier alpha value is -2.58. The highest BCUT2D eigenvalue weighted by Gasteiger charge is 2.22. The number of nitrogens with one attached hydrogen (secondary N) is 1. The highest BCUT2D eigenvalue weighted by molar-refractivity contribution is 7.26. The molecule has 0 spiro atoms. The minimum Gasteiger partial charge on any atom is -0.357 e. The molecule has 24 heavy (non-hydrogen) atoms. The molecule has 0 unspecified atom stereocenters. The van der Waals surface area contributed by atoms with E-state index in [1.165, 1.54) is 53.5 Å². The van der Waals surface area contributed by atoms with Crippen LogP contribution in [0.3, 0.4) is 0 Å². The standard InChI is InChI=1S/C22H15NS/c1-2-6-14-13(5-1)9-12-18-20(14)17-11-10-16-15-7-3-4-8-19(15)24-22(16)21(17)23-18/h1-8,10-11,23H,9,12H2. The van der Waals surface area contributed by atoms with Gasteiger partial charge in [0, 0.05) is 32.1 Å². The molecule has 0 radical (unpaired) electrons. The van der Waals surface area contributed by atoms with Gasteiger partial charge in [-0.2, -0.15) is 0 Å². The Morgan fingerprint density at radius 3 is 2.58 bits per heavy atom. The van der Waals surface area contributed by atoms with Crippen LogP contribution >= 0.6 is 11.3 Å². The second-order valence-electron chi connectivity index (χ2n) is 6.60. The molecule has 6 rings (SSSR count). The third kappa shape index (κ3) is 1.54. The molecule has 3 aromatic carbocycles. The van der Waals surface area contributed by atoms with Crippen molar-refractivity contribution in [1.29, 1.82) is 0 Å². The van der Waals surface area contributed by atoms with Crippen molar-refractivity contribution in [3.8, 4) is 11.1 Å². The number of aromatic nitrogens is 1. The molecule has 0 saturated carbocycles. The number of hydrogen-bond acceptors (Lipinski definition) is 1. The number of aryl methyl sites for hydroxylation is 2. The van der Waals surface area contributed by atoms with Crippen molar-refractivity contribution in [2.75, 3.05) is 0 Å². The lowest BCUT2D eigenvalue weighted by Crippen LogP contribution is -2.02. The molecule has 1 nitrogen and oxygen atoms in total. The average molecular weight is 325 g/mol. The van der Waals surface area contributed by atoms with Crippen molar-refractivity contribution in [2.45, 2.75) is 12.8 Å². The first kappa shape index (κ1) is 12.8. The molecule has 0 fully saturated rings. The maximum absolute atomic E-state index is 3.77. The van der Waals surface area contributed by atoms with Crippen LogP contribution in [0.2, 0.25) is 0 Å². The van der Waals surface area contributed by atoms with Crippen LogP contribution < -0.4 is 0 Å². The van der Waals surface area contributed by atoms with E-state index in [0.29, 0.717) is 0 Å². The predicted octanol–water partition coefficient (Wildman–Crippen LogP) is 6.30. The van der Waals surface area contributed by atoms with Gasteiger partial charge in [-0.05, 0) is 30.0 Å². The lowest BCUT2D eigenvalue weighted by molar-refractivity contribution is 0.914. The Bertz CT molecular complexity index is 1260. The first-order valence-electron chi connectivity index (χ1n) is 8.43. The smallest absolute Gasteiger partial charge is 0.0644 e. The van der Waals surface area contributed by atoms with E-state index < -0.39 is 0 Å². The van der Waals surface area contributed by atoms with E-state index in [9.17, 15) is 0 Å². The van der Waals surface area contributed by atoms with Crippen molar-refractivity contribution in [1.82, 2.24) is 4.98 Å². The van der Waals surface area contributed by atoms with Crippen LogP contribution in [0.4, 0.5) is 0 Å². The second kappa shape index (κ2) is 4.49. The fraction of sp³-hybridized carbons (Fsp3) is 0.0909. The van der Waals surface area contributed by atoms with Crippen molar-refractivity contribution in [3.63, 3.8) is 0 Å². The van der Waals surface area contributed by atoms with Crippen molar-refractivity contribution < 1.29 is 0 Å². The Balaban J connectivity index is 1.78. The maximum Gasteiger partial charge on any atom is 0.0644 e. The molecular weight excluding hydrogens is 310 g/mol. The summed E-state index contributed by atoms with van der Waals surface area (Å²) in [6.07, 6.45) is 2.24. The first-order valence-corrected chi connectivity index (χ1v) is 9.25. The Labute approximate surface area is 143 Å². The minimum atomic E-state index is 1.10. The van der Waals surface area contributed by atoms with Crippen molar-refractivity contribution in [3.05, 3.63) is 71.9 Å². The topological polar surface area (TPSA) is 15.8 Å². The zero-order valence-corrected chi connectivity index (χ0v) is 13.9. The van der Waals surface area contributed by atoms with Gasteiger partial charge in [-0.1, -0.05) is 54.6 Å². The summed E-state index contributed by atoms with van der Waals surface area (Å²) < 4.78 is 2.76. The molecule has 2 heteroatoms. The van der Waals surface area contributed by atoms with E-state index in [4.69, 9.17) is 0 Å². The van der Waals surface area contributed by atoms with Crippen molar-refractivity contribution in [2.24, 2.45) is 0 Å². The molecule has 1 N–H and O–H groups in total. The normalized spacial score (nSPS) is 13.5. The third-order valence-corrected chi connectivity index (χ3v) is 6.53. The van der Waals surface area contributed by atoms with E-state index >= 15 is 0 Å². The van der Waals surface area contributed by atoms with Crippen LogP contribution in [-0.2, 0) is 12.8 Å². The molecular formula is C22H15NS. The van der Waals surface area contributed by atoms with Gasteiger partial charge >= 0.3 is 0 Å². The highest BCUT2D eigenvalue weighted by Crippen LogP contribution is 2.44. The Kier molecular flexibility index (Phi) is 2.39. The SMILES string of the molecule is c1ccc2c(c1)CCc1[nH]c3c(ccc4c5ccccc5sc43)c1-2. The van der Waals surface area contributed by atoms with Crippen LogP contribution in [0.25, 0.3) is 42.2 Å². The molecule has 0 aliphatic heterocycles. The van der Waals surface area contributed by atoms with Crippen LogP contribution in [0.1, 0.15) is 11.3 Å². The number of thiophene rings is 1. The van der Waals surface area contributed by atoms with E-state index in [2.05, 4.69) is 65.6 Å². The van der Waals surface area contributed by atoms with E-state index in [1.54, 1.807) is 0 Å². The summed E-state index contributed by atoms with van der Waals surface area (Å²) in [6, 6.07) is 22.2. The maximum atomic E-state index is 3.77. The number of fused-ring (bicyclic) bond motifs is 9. The van der Waals surface area contributed by atoms with Crippen LogP contribution in [0, 0.1) is 0 Å². The summed E-state index contributed by atoms with van der Waals surface area (Å²) in [6.45, 7) is 0. The molecule has 0 bridgehead atoms. The van der Waals surface area contributed by atoms with Crippen molar-refractivity contribution >= 4 is 42.4 Å². The van der Waals surface area contributed by atoms with Gasteiger partial charge in [0.1, 0.15) is 0 Å². The molecule has 114 valence electrons. The Morgan fingerprint density at radius 1 is 0.750 bits per heavy atom. The lowest BCUT2D eigenvalue weighted by Gasteiger charge is -2.16. The second-order valence-corrected chi connectivity index (χ2v) is 7.65. The van der Waals surface area contributed by atoms with Gasteiger partial charge in [-0.15, -0.1) is 11.3 Å². The van der Waals surface area contributed by atoms with Gasteiger partial charge in [0.2, 0.25) is 0 Å². The number of aromatic amines is 1. The molecule has 2 heterocycles. The quantitative estimate of drug-likeness (QED) is 0.344. The summed E-state index contributed by atoms with van der Waals surface area (Å²) in [4.78, 5) is 3.77. The van der Waals surface area contributed by atoms with Gasteiger partial charge in [-0.25, -0.2) is 0 Å². The number of hydrogen-bond donors (Lipinski definition) is 1. The molecule has 2 aromatic heterocycles. The summed E-state index contributed by atoms with van der Waals surface area (Å²) in [5.41, 5.74) is 7.02. The molecule has 5 aromatic rings. The minimum absolute atomic E-state index is 1.10. The first-order chi connectivity index (χ1) is 11.9. The van der Waals surface area contributed by atoms with Gasteiger partial charge < -0.3 is 4.98 Å². The zero-order valence-electron chi connectivity index (χ0n) is 13.1. The molecule has 1 aliphatic carbocycles. The fourth-order valence-corrected chi connectivity index (χ4v) is 5.44. The number of benzene rings is 3. The zero-order chi connectivity index (χ0) is 15.7. The van der Waals surface area contributed by atoms with Gasteiger partial charge in [0.15, 0.2) is 0 Å². The van der Waals surface area contributed by atoms with Crippen LogP contribution in [0.5, 0.6) is 0 Å². The van der Waals surface area contributed by atoms with Gasteiger partial charge in [0.05, 0.1) is 10.2 Å². The van der Waals surface area contributed by atoms with Crippen LogP contribution in [-0.4, -0.2) is 4.98 Å². The highest BCUT2D eigenvalue weighted by atomic mass is 32.1. The monoisotopic (exact) mass is 325 g/mol. The summed E-state index contributed by atoms with van der Waals surface area (Å²) >= 11 is 1.90. The van der Waals surface area contributed by atoms with E-state index in [1.807, 2.05) is 11.3 Å². The molecule has 0 saturated heterocycles. The van der Waals surface area contributed by atoms with Gasteiger partial charge in [-0.3, -0.25) is 0 Å². The van der Waals surface area contributed by atoms with E-state index in [-0.39, 0.29) is 0 Å². The number of H-pyrrole nitrogens is 1. The predicted molar refractivity (Wildman–Crippen MR) is 104 cm³/mol. The molecule has 0 atom stereocenters. The third-order valence-electron chi connectivity index (χ3n) is 5.32. The Morgan fingerprint density at radius 2 is 1.58 bits per heavy atom. The van der Waals surface area contributed by atoms with E-state index in [0.717, 1.165) is 12.8 Å². The average Bonchev–Trinajstić information content (AvgIpc) is 3.20. The largest absolute Gasteiger partial charge is 0.357 e. The summed E-state index contributed by atoms with van der Waals surface area (Å²) in [7, 11) is 0. The summed E-state index contributed by atoms with van der Waals surface area (Å²) in [5, 5.41) is 4.11. The molecule has 1 aliphatic rings. The summed E-state index contributed by atoms with van der Waals surface area (Å²) in [5.74, 6) is 0. The fourth-order valence-electron chi connectivity index (χ4n) is 4.23.